The molecule has 0 unspecified atom stereocenters. The molecule has 1 saturated heterocycles. The van der Waals surface area contributed by atoms with E-state index in [4.69, 9.17) is 4.74 Å². The minimum absolute atomic E-state index is 0.0281. The SMILES string of the molecule is CCS(=O)(=O)c1ccc([C@H](CO)NC(=O)c2ccc(N3CCC[C@H]3COC(F)F)cc2OC)cc1. The van der Waals surface area contributed by atoms with Gasteiger partial charge in [-0.3, -0.25) is 4.79 Å². The lowest BCUT2D eigenvalue weighted by molar-refractivity contribution is -0.131. The van der Waals surface area contributed by atoms with Crippen LogP contribution in [0, 0.1) is 0 Å². The second-order valence-corrected chi connectivity index (χ2v) is 10.4. The van der Waals surface area contributed by atoms with Gasteiger partial charge in [-0.25, -0.2) is 8.42 Å². The zero-order chi connectivity index (χ0) is 25.6. The van der Waals surface area contributed by atoms with E-state index in [1.165, 1.54) is 19.2 Å². The average molecular weight is 513 g/mol. The van der Waals surface area contributed by atoms with Crippen LogP contribution in [0.25, 0.3) is 0 Å². The molecule has 3 rings (SSSR count). The molecule has 2 N–H and O–H groups in total. The first kappa shape index (κ1) is 26.8. The van der Waals surface area contributed by atoms with Crippen molar-refractivity contribution in [3.63, 3.8) is 0 Å². The molecule has 2 aromatic carbocycles. The molecule has 1 fully saturated rings. The quantitative estimate of drug-likeness (QED) is 0.477. The third-order valence-electron chi connectivity index (χ3n) is 6.06. The lowest BCUT2D eigenvalue weighted by atomic mass is 10.1. The Labute approximate surface area is 203 Å². The predicted octanol–water partition coefficient (Wildman–Crippen LogP) is 3.16. The summed E-state index contributed by atoms with van der Waals surface area (Å²) in [5, 5.41) is 12.6. The van der Waals surface area contributed by atoms with E-state index < -0.39 is 35.0 Å². The highest BCUT2D eigenvalue weighted by molar-refractivity contribution is 7.91. The van der Waals surface area contributed by atoms with Crippen molar-refractivity contribution < 1.29 is 36.6 Å². The molecule has 1 aliphatic heterocycles. The Balaban J connectivity index is 1.76. The number of carbonyl (C=O) groups is 1. The van der Waals surface area contributed by atoms with Crippen molar-refractivity contribution in [3.8, 4) is 5.75 Å². The molecule has 1 heterocycles. The topological polar surface area (TPSA) is 105 Å². The Hall–Kier alpha value is -2.76. The third-order valence-corrected chi connectivity index (χ3v) is 7.81. The number of ether oxygens (including phenoxy) is 2. The normalized spacial score (nSPS) is 17.0. The zero-order valence-electron chi connectivity index (χ0n) is 19.6. The summed E-state index contributed by atoms with van der Waals surface area (Å²) < 4.78 is 58.9. The Morgan fingerprint density at radius 1 is 1.23 bits per heavy atom. The molecular weight excluding hydrogens is 482 g/mol. The van der Waals surface area contributed by atoms with E-state index in [-0.39, 0.29) is 28.9 Å². The van der Waals surface area contributed by atoms with E-state index in [2.05, 4.69) is 10.1 Å². The van der Waals surface area contributed by atoms with Gasteiger partial charge in [-0.2, -0.15) is 8.78 Å². The van der Waals surface area contributed by atoms with E-state index in [0.29, 0.717) is 24.3 Å². The van der Waals surface area contributed by atoms with Gasteiger partial charge in [0, 0.05) is 18.3 Å². The zero-order valence-corrected chi connectivity index (χ0v) is 20.4. The maximum absolute atomic E-state index is 13.0. The van der Waals surface area contributed by atoms with Crippen molar-refractivity contribution in [3.05, 3.63) is 53.6 Å². The lowest BCUT2D eigenvalue weighted by Crippen LogP contribution is -2.34. The number of sulfone groups is 1. The molecule has 35 heavy (non-hydrogen) atoms. The number of anilines is 1. The van der Waals surface area contributed by atoms with Crippen molar-refractivity contribution in [2.75, 3.05) is 37.5 Å². The van der Waals surface area contributed by atoms with Crippen LogP contribution in [-0.4, -0.2) is 64.7 Å². The number of aliphatic hydroxyl groups is 1. The van der Waals surface area contributed by atoms with Crippen LogP contribution in [0.15, 0.2) is 47.4 Å². The number of carbonyl (C=O) groups excluding carboxylic acids is 1. The Kier molecular flexibility index (Phi) is 9.03. The summed E-state index contributed by atoms with van der Waals surface area (Å²) in [6.07, 6.45) is 1.55. The van der Waals surface area contributed by atoms with Crippen LogP contribution in [0.5, 0.6) is 5.75 Å². The summed E-state index contributed by atoms with van der Waals surface area (Å²) in [4.78, 5) is 15.1. The summed E-state index contributed by atoms with van der Waals surface area (Å²) in [5.41, 5.74) is 1.51. The summed E-state index contributed by atoms with van der Waals surface area (Å²) >= 11 is 0. The van der Waals surface area contributed by atoms with E-state index in [0.717, 1.165) is 12.1 Å². The van der Waals surface area contributed by atoms with E-state index in [1.54, 1.807) is 37.3 Å². The predicted molar refractivity (Wildman–Crippen MR) is 127 cm³/mol. The smallest absolute Gasteiger partial charge is 0.345 e. The van der Waals surface area contributed by atoms with Gasteiger partial charge >= 0.3 is 6.61 Å². The fourth-order valence-corrected chi connectivity index (χ4v) is 5.01. The number of hydrogen-bond donors (Lipinski definition) is 2. The van der Waals surface area contributed by atoms with Gasteiger partial charge in [0.25, 0.3) is 5.91 Å². The number of rotatable bonds is 11. The second kappa shape index (κ2) is 11.8. The van der Waals surface area contributed by atoms with Gasteiger partial charge in [-0.15, -0.1) is 0 Å². The molecule has 2 atom stereocenters. The van der Waals surface area contributed by atoms with Gasteiger partial charge in [0.05, 0.1) is 48.6 Å². The van der Waals surface area contributed by atoms with Gasteiger partial charge < -0.3 is 24.8 Å². The van der Waals surface area contributed by atoms with Crippen LogP contribution < -0.4 is 15.0 Å². The molecule has 0 spiro atoms. The number of halogens is 2. The van der Waals surface area contributed by atoms with Crippen LogP contribution in [0.4, 0.5) is 14.5 Å². The summed E-state index contributed by atoms with van der Waals surface area (Å²) in [6, 6.07) is 10.0. The highest BCUT2D eigenvalue weighted by Gasteiger charge is 2.27. The largest absolute Gasteiger partial charge is 0.496 e. The fraction of sp³-hybridized carbons (Fsp3) is 0.458. The minimum atomic E-state index is -3.36. The van der Waals surface area contributed by atoms with Crippen molar-refractivity contribution in [1.29, 1.82) is 0 Å². The third kappa shape index (κ3) is 6.47. The lowest BCUT2D eigenvalue weighted by Gasteiger charge is -2.27. The molecule has 0 bridgehead atoms. The summed E-state index contributed by atoms with van der Waals surface area (Å²) in [5.74, 6) is -0.224. The number of hydrogen-bond acceptors (Lipinski definition) is 7. The highest BCUT2D eigenvalue weighted by atomic mass is 32.2. The monoisotopic (exact) mass is 512 g/mol. The number of nitrogens with one attached hydrogen (secondary N) is 1. The van der Waals surface area contributed by atoms with Crippen LogP contribution in [0.1, 0.15) is 41.7 Å². The molecule has 8 nitrogen and oxygen atoms in total. The standard InChI is InChI=1S/C24H30F2N2O6S/c1-3-35(31,32)19-9-6-16(7-10-19)21(14-29)27-23(30)20-11-8-17(13-22(20)33-2)28-12-4-5-18(28)15-34-24(25)26/h6-11,13,18,21,24,29H,3-5,12,14-15H2,1-2H3,(H,27,30)/t18-,21-/m0/s1. The van der Waals surface area contributed by atoms with E-state index >= 15 is 0 Å². The first-order chi connectivity index (χ1) is 16.7. The van der Waals surface area contributed by atoms with E-state index in [9.17, 15) is 27.1 Å². The molecule has 2 aromatic rings. The average Bonchev–Trinajstić information content (AvgIpc) is 3.34. The van der Waals surface area contributed by atoms with E-state index in [1.807, 2.05) is 4.90 Å². The maximum atomic E-state index is 13.0. The molecule has 0 radical (unpaired) electrons. The molecule has 1 amide bonds. The maximum Gasteiger partial charge on any atom is 0.345 e. The van der Waals surface area contributed by atoms with Gasteiger partial charge in [-0.1, -0.05) is 19.1 Å². The molecular formula is C24H30F2N2O6S. The Morgan fingerprint density at radius 3 is 2.54 bits per heavy atom. The van der Waals surface area contributed by atoms with Crippen LogP contribution in [0.2, 0.25) is 0 Å². The molecule has 0 aromatic heterocycles. The van der Waals surface area contributed by atoms with Crippen LogP contribution in [-0.2, 0) is 14.6 Å². The highest BCUT2D eigenvalue weighted by Crippen LogP contribution is 2.31. The van der Waals surface area contributed by atoms with Crippen molar-refractivity contribution in [1.82, 2.24) is 5.32 Å². The Morgan fingerprint density at radius 2 is 1.94 bits per heavy atom. The van der Waals surface area contributed by atoms with Crippen molar-refractivity contribution in [2.45, 2.75) is 43.4 Å². The van der Waals surface area contributed by atoms with Gasteiger partial charge in [0.15, 0.2) is 9.84 Å². The number of amides is 1. The van der Waals surface area contributed by atoms with Crippen LogP contribution in [0.3, 0.4) is 0 Å². The molecule has 192 valence electrons. The fourth-order valence-electron chi connectivity index (χ4n) is 4.12. The van der Waals surface area contributed by atoms with Gasteiger partial charge in [0.1, 0.15) is 5.75 Å². The number of benzene rings is 2. The van der Waals surface area contributed by atoms with Crippen LogP contribution >= 0.6 is 0 Å². The first-order valence-electron chi connectivity index (χ1n) is 11.3. The molecule has 0 saturated carbocycles. The van der Waals surface area contributed by atoms with Crippen molar-refractivity contribution >= 4 is 21.4 Å². The van der Waals surface area contributed by atoms with Crippen molar-refractivity contribution in [2.24, 2.45) is 0 Å². The molecule has 0 aliphatic carbocycles. The number of nitrogens with zero attached hydrogens (tertiary/aromatic N) is 1. The minimum Gasteiger partial charge on any atom is -0.496 e. The second-order valence-electron chi connectivity index (χ2n) is 8.15. The summed E-state index contributed by atoms with van der Waals surface area (Å²) in [6.45, 7) is -1.10. The molecule has 1 aliphatic rings. The number of alkyl halides is 2. The number of methoxy groups -OCH3 is 1. The van der Waals surface area contributed by atoms with Gasteiger partial charge in [-0.05, 0) is 42.7 Å². The molecule has 11 heteroatoms. The van der Waals surface area contributed by atoms with Gasteiger partial charge in [0.2, 0.25) is 0 Å². The number of aliphatic hydroxyl groups excluding tert-OH is 1. The first-order valence-corrected chi connectivity index (χ1v) is 12.9. The summed E-state index contributed by atoms with van der Waals surface area (Å²) in [7, 11) is -1.94. The Bertz CT molecular complexity index is 1110.